The fourth-order valence-corrected chi connectivity index (χ4v) is 1.91. The SMILES string of the molecule is O=Cc1ccc(OCC2CCCO2)c(Cl)c1. The number of hydrogen-bond donors (Lipinski definition) is 0. The molecule has 0 amide bonds. The Kier molecular flexibility index (Phi) is 3.80. The molecule has 0 aliphatic carbocycles. The maximum Gasteiger partial charge on any atom is 0.150 e. The molecule has 1 saturated heterocycles. The Morgan fingerprint density at radius 3 is 3.06 bits per heavy atom. The van der Waals surface area contributed by atoms with Crippen molar-refractivity contribution in [1.29, 1.82) is 0 Å². The third-order valence-corrected chi connectivity index (χ3v) is 2.84. The van der Waals surface area contributed by atoms with Gasteiger partial charge in [-0.3, -0.25) is 4.79 Å². The zero-order valence-corrected chi connectivity index (χ0v) is 9.57. The quantitative estimate of drug-likeness (QED) is 0.759. The fourth-order valence-electron chi connectivity index (χ4n) is 1.67. The minimum absolute atomic E-state index is 0.168. The Morgan fingerprint density at radius 1 is 1.56 bits per heavy atom. The summed E-state index contributed by atoms with van der Waals surface area (Å²) in [7, 11) is 0. The Hall–Kier alpha value is -1.06. The molecule has 0 radical (unpaired) electrons. The van der Waals surface area contributed by atoms with Crippen LogP contribution in [0.2, 0.25) is 5.02 Å². The molecular weight excluding hydrogens is 228 g/mol. The molecule has 4 heteroatoms. The Morgan fingerprint density at radius 2 is 2.44 bits per heavy atom. The van der Waals surface area contributed by atoms with Gasteiger partial charge in [0.2, 0.25) is 0 Å². The van der Waals surface area contributed by atoms with Crippen molar-refractivity contribution < 1.29 is 14.3 Å². The second-order valence-electron chi connectivity index (χ2n) is 3.75. The van der Waals surface area contributed by atoms with Gasteiger partial charge in [0.1, 0.15) is 18.6 Å². The topological polar surface area (TPSA) is 35.5 Å². The van der Waals surface area contributed by atoms with Crippen LogP contribution >= 0.6 is 11.6 Å². The van der Waals surface area contributed by atoms with E-state index in [4.69, 9.17) is 21.1 Å². The summed E-state index contributed by atoms with van der Waals surface area (Å²) >= 11 is 5.97. The maximum atomic E-state index is 10.5. The molecule has 0 N–H and O–H groups in total. The van der Waals surface area contributed by atoms with Crippen LogP contribution in [0.15, 0.2) is 18.2 Å². The lowest BCUT2D eigenvalue weighted by molar-refractivity contribution is 0.0680. The Bertz CT molecular complexity index is 373. The molecule has 3 nitrogen and oxygen atoms in total. The maximum absolute atomic E-state index is 10.5. The van der Waals surface area contributed by atoms with E-state index in [1.54, 1.807) is 18.2 Å². The van der Waals surface area contributed by atoms with Crippen LogP contribution in [0, 0.1) is 0 Å². The number of rotatable bonds is 4. The predicted octanol–water partition coefficient (Wildman–Crippen LogP) is 2.71. The van der Waals surface area contributed by atoms with Crippen molar-refractivity contribution in [2.24, 2.45) is 0 Å². The Labute approximate surface area is 99.3 Å². The van der Waals surface area contributed by atoms with Crippen LogP contribution < -0.4 is 4.74 Å². The molecule has 1 aliphatic rings. The molecular formula is C12H13ClO3. The van der Waals surface area contributed by atoms with E-state index in [9.17, 15) is 4.79 Å². The smallest absolute Gasteiger partial charge is 0.150 e. The summed E-state index contributed by atoms with van der Waals surface area (Å²) in [6, 6.07) is 4.99. The average molecular weight is 241 g/mol. The zero-order valence-electron chi connectivity index (χ0n) is 8.82. The van der Waals surface area contributed by atoms with Crippen molar-refractivity contribution in [3.05, 3.63) is 28.8 Å². The normalized spacial score (nSPS) is 19.7. The fraction of sp³-hybridized carbons (Fsp3) is 0.417. The first kappa shape index (κ1) is 11.4. The number of benzene rings is 1. The summed E-state index contributed by atoms with van der Waals surface area (Å²) in [6.45, 7) is 1.33. The molecule has 0 aromatic heterocycles. The lowest BCUT2D eigenvalue weighted by Gasteiger charge is -2.12. The monoisotopic (exact) mass is 240 g/mol. The van der Waals surface area contributed by atoms with Crippen LogP contribution in [-0.2, 0) is 4.74 Å². The molecule has 16 heavy (non-hydrogen) atoms. The van der Waals surface area contributed by atoms with Crippen molar-refractivity contribution in [3.8, 4) is 5.75 Å². The van der Waals surface area contributed by atoms with Crippen LogP contribution in [0.25, 0.3) is 0 Å². The third kappa shape index (κ3) is 2.74. The molecule has 0 spiro atoms. The number of carbonyl (C=O) groups excluding carboxylic acids is 1. The molecule has 86 valence electrons. The summed E-state index contributed by atoms with van der Waals surface area (Å²) in [5.41, 5.74) is 0.550. The summed E-state index contributed by atoms with van der Waals surface area (Å²) in [4.78, 5) is 10.5. The van der Waals surface area contributed by atoms with E-state index in [0.29, 0.717) is 22.9 Å². The standard InChI is InChI=1S/C12H13ClO3/c13-11-6-9(7-14)3-4-12(11)16-8-10-2-1-5-15-10/h3-4,6-7,10H,1-2,5,8H2. The average Bonchev–Trinajstić information content (AvgIpc) is 2.80. The van der Waals surface area contributed by atoms with Gasteiger partial charge in [-0.1, -0.05) is 11.6 Å². The predicted molar refractivity (Wildman–Crippen MR) is 61.3 cm³/mol. The van der Waals surface area contributed by atoms with Crippen LogP contribution in [0.1, 0.15) is 23.2 Å². The van der Waals surface area contributed by atoms with Crippen molar-refractivity contribution in [2.45, 2.75) is 18.9 Å². The molecule has 1 atom stereocenters. The highest BCUT2D eigenvalue weighted by atomic mass is 35.5. The van der Waals surface area contributed by atoms with E-state index in [-0.39, 0.29) is 6.10 Å². The van der Waals surface area contributed by atoms with Crippen molar-refractivity contribution in [2.75, 3.05) is 13.2 Å². The molecule has 1 aromatic rings. The van der Waals surface area contributed by atoms with Gasteiger partial charge in [-0.05, 0) is 31.0 Å². The highest BCUT2D eigenvalue weighted by Gasteiger charge is 2.16. The highest BCUT2D eigenvalue weighted by Crippen LogP contribution is 2.25. The van der Waals surface area contributed by atoms with Crippen LogP contribution in [-0.4, -0.2) is 25.6 Å². The molecule has 1 fully saturated rings. The first-order chi connectivity index (χ1) is 7.79. The van der Waals surface area contributed by atoms with Gasteiger partial charge < -0.3 is 9.47 Å². The van der Waals surface area contributed by atoms with Crippen LogP contribution in [0.4, 0.5) is 0 Å². The van der Waals surface area contributed by atoms with Crippen LogP contribution in [0.3, 0.4) is 0 Å². The molecule has 0 saturated carbocycles. The number of hydrogen-bond acceptors (Lipinski definition) is 3. The molecule has 2 rings (SSSR count). The van der Waals surface area contributed by atoms with Crippen molar-refractivity contribution >= 4 is 17.9 Å². The minimum Gasteiger partial charge on any atom is -0.489 e. The lowest BCUT2D eigenvalue weighted by atomic mass is 10.2. The second kappa shape index (κ2) is 5.32. The van der Waals surface area contributed by atoms with Gasteiger partial charge in [0.25, 0.3) is 0 Å². The van der Waals surface area contributed by atoms with Gasteiger partial charge in [-0.25, -0.2) is 0 Å². The number of halogens is 1. The Balaban J connectivity index is 1.95. The van der Waals surface area contributed by atoms with Crippen molar-refractivity contribution in [3.63, 3.8) is 0 Å². The van der Waals surface area contributed by atoms with E-state index in [1.807, 2.05) is 0 Å². The van der Waals surface area contributed by atoms with Crippen molar-refractivity contribution in [1.82, 2.24) is 0 Å². The lowest BCUT2D eigenvalue weighted by Crippen LogP contribution is -2.16. The first-order valence-corrected chi connectivity index (χ1v) is 5.66. The third-order valence-electron chi connectivity index (χ3n) is 2.54. The summed E-state index contributed by atoms with van der Waals surface area (Å²) in [5, 5.41) is 0.461. The number of carbonyl (C=O) groups is 1. The van der Waals surface area contributed by atoms with E-state index in [1.165, 1.54) is 0 Å². The molecule has 0 bridgehead atoms. The molecule has 1 aromatic carbocycles. The number of ether oxygens (including phenoxy) is 2. The van der Waals surface area contributed by atoms with Gasteiger partial charge in [-0.2, -0.15) is 0 Å². The largest absolute Gasteiger partial charge is 0.489 e. The van der Waals surface area contributed by atoms with Gasteiger partial charge in [0.05, 0.1) is 11.1 Å². The number of aldehydes is 1. The summed E-state index contributed by atoms with van der Waals surface area (Å²) in [6.07, 6.45) is 3.05. The summed E-state index contributed by atoms with van der Waals surface area (Å²) in [5.74, 6) is 0.600. The van der Waals surface area contributed by atoms with E-state index in [2.05, 4.69) is 0 Å². The minimum atomic E-state index is 0.168. The van der Waals surface area contributed by atoms with Gasteiger partial charge in [0.15, 0.2) is 0 Å². The van der Waals surface area contributed by atoms with Crippen LogP contribution in [0.5, 0.6) is 5.75 Å². The van der Waals surface area contributed by atoms with E-state index in [0.717, 1.165) is 25.7 Å². The van der Waals surface area contributed by atoms with E-state index < -0.39 is 0 Å². The highest BCUT2D eigenvalue weighted by molar-refractivity contribution is 6.32. The summed E-state index contributed by atoms with van der Waals surface area (Å²) < 4.78 is 11.0. The first-order valence-electron chi connectivity index (χ1n) is 5.29. The van der Waals surface area contributed by atoms with Gasteiger partial charge in [0, 0.05) is 12.2 Å². The van der Waals surface area contributed by atoms with Gasteiger partial charge >= 0.3 is 0 Å². The van der Waals surface area contributed by atoms with E-state index >= 15 is 0 Å². The second-order valence-corrected chi connectivity index (χ2v) is 4.16. The molecule has 1 aliphatic heterocycles. The molecule has 1 unspecified atom stereocenters. The molecule has 1 heterocycles. The van der Waals surface area contributed by atoms with Gasteiger partial charge in [-0.15, -0.1) is 0 Å². The zero-order chi connectivity index (χ0) is 11.4.